The Labute approximate surface area is 184 Å². The van der Waals surface area contributed by atoms with Gasteiger partial charge in [-0.15, -0.1) is 0 Å². The van der Waals surface area contributed by atoms with E-state index in [2.05, 4.69) is 0 Å². The molecule has 2 aromatic carbocycles. The van der Waals surface area contributed by atoms with Crippen LogP contribution in [0, 0.1) is 6.92 Å². The number of carbonyl (C=O) groups is 1. The first-order valence-electron chi connectivity index (χ1n) is 10.3. The predicted octanol–water partition coefficient (Wildman–Crippen LogP) is 0.889. The number of hydrogen-bond acceptors (Lipinski definition) is 9. The lowest BCUT2D eigenvalue weighted by molar-refractivity contribution is -0.277. The second-order valence-electron chi connectivity index (χ2n) is 7.87. The molecule has 4 rings (SSSR count). The third kappa shape index (κ3) is 3.94. The number of methoxy groups -OCH3 is 1. The first-order chi connectivity index (χ1) is 15.3. The zero-order valence-electron chi connectivity index (χ0n) is 17.7. The van der Waals surface area contributed by atoms with Gasteiger partial charge in [0.05, 0.1) is 20.1 Å². The molecule has 0 bridgehead atoms. The van der Waals surface area contributed by atoms with Crippen molar-refractivity contribution in [1.82, 2.24) is 0 Å². The fraction of sp³-hybridized carbons (Fsp3) is 0.435. The third-order valence-electron chi connectivity index (χ3n) is 5.83. The van der Waals surface area contributed by atoms with Crippen molar-refractivity contribution in [1.29, 1.82) is 0 Å². The summed E-state index contributed by atoms with van der Waals surface area (Å²) in [5.41, 5.74) is 1.62. The molecule has 2 aliphatic heterocycles. The number of Topliss-reactive ketones (excluding diaryl/α,β-unsaturated/α-hetero) is 1. The Hall–Kier alpha value is -2.69. The molecule has 0 saturated carbocycles. The van der Waals surface area contributed by atoms with Gasteiger partial charge in [0.25, 0.3) is 0 Å². The number of ketones is 1. The Bertz CT molecular complexity index is 975. The third-order valence-corrected chi connectivity index (χ3v) is 5.83. The number of hydrogen-bond donors (Lipinski definition) is 4. The van der Waals surface area contributed by atoms with E-state index >= 15 is 0 Å². The van der Waals surface area contributed by atoms with Crippen molar-refractivity contribution in [3.05, 3.63) is 53.1 Å². The van der Waals surface area contributed by atoms with Gasteiger partial charge in [-0.25, -0.2) is 0 Å². The lowest BCUT2D eigenvalue weighted by Gasteiger charge is -2.40. The summed E-state index contributed by atoms with van der Waals surface area (Å²) in [7, 11) is 1.43. The molecule has 2 aliphatic rings. The topological polar surface area (TPSA) is 135 Å². The Kier molecular flexibility index (Phi) is 6.36. The normalized spacial score (nSPS) is 29.8. The van der Waals surface area contributed by atoms with Crippen LogP contribution in [0.15, 0.2) is 36.4 Å². The van der Waals surface area contributed by atoms with Crippen molar-refractivity contribution < 1.29 is 44.2 Å². The molecule has 1 saturated heterocycles. The summed E-state index contributed by atoms with van der Waals surface area (Å²) in [5.74, 6) is 0.599. The van der Waals surface area contributed by atoms with Crippen molar-refractivity contribution in [3.8, 4) is 17.2 Å². The van der Waals surface area contributed by atoms with E-state index in [1.165, 1.54) is 13.2 Å². The van der Waals surface area contributed by atoms with Gasteiger partial charge in [-0.05, 0) is 12.5 Å². The number of aliphatic hydroxyl groups is 4. The summed E-state index contributed by atoms with van der Waals surface area (Å²) in [5, 5.41) is 39.7. The second kappa shape index (κ2) is 9.05. The number of fused-ring (bicyclic) bond motifs is 1. The summed E-state index contributed by atoms with van der Waals surface area (Å²) in [6.45, 7) is 1.10. The van der Waals surface area contributed by atoms with Crippen molar-refractivity contribution in [2.75, 3.05) is 13.7 Å². The molecule has 6 atom stereocenters. The fourth-order valence-corrected chi connectivity index (χ4v) is 4.05. The van der Waals surface area contributed by atoms with Crippen molar-refractivity contribution in [2.45, 2.75) is 50.2 Å². The van der Waals surface area contributed by atoms with E-state index in [0.717, 1.165) is 5.56 Å². The summed E-state index contributed by atoms with van der Waals surface area (Å²) >= 11 is 0. The highest BCUT2D eigenvalue weighted by Crippen LogP contribution is 2.45. The van der Waals surface area contributed by atoms with Gasteiger partial charge in [0.1, 0.15) is 53.3 Å². The largest absolute Gasteiger partial charge is 0.495 e. The van der Waals surface area contributed by atoms with Gasteiger partial charge >= 0.3 is 0 Å². The SMILES string of the molecule is COc1c(C)c(O[C@@H]2O[C@H](CO)[C@@H](O)[C@H](O)[C@H]2O)cc2c1C(=O)CC(c1ccccc1)O2. The van der Waals surface area contributed by atoms with Crippen LogP contribution in [0.1, 0.15) is 34.0 Å². The highest BCUT2D eigenvalue weighted by Gasteiger charge is 2.45. The maximum atomic E-state index is 13.0. The summed E-state index contributed by atoms with van der Waals surface area (Å²) in [4.78, 5) is 13.0. The van der Waals surface area contributed by atoms with Crippen LogP contribution >= 0.6 is 0 Å². The average molecular weight is 446 g/mol. The molecule has 4 N–H and O–H groups in total. The number of benzene rings is 2. The lowest BCUT2D eigenvalue weighted by Crippen LogP contribution is -2.60. The number of rotatable bonds is 5. The molecule has 0 amide bonds. The minimum Gasteiger partial charge on any atom is -0.495 e. The number of carbonyl (C=O) groups excluding carboxylic acids is 1. The maximum absolute atomic E-state index is 13.0. The molecule has 0 radical (unpaired) electrons. The van der Waals surface area contributed by atoms with E-state index in [-0.39, 0.29) is 29.5 Å². The summed E-state index contributed by atoms with van der Waals surface area (Å²) < 4.78 is 22.8. The molecule has 0 aliphatic carbocycles. The van der Waals surface area contributed by atoms with Crippen LogP contribution in [-0.2, 0) is 4.74 Å². The molecule has 0 aromatic heterocycles. The van der Waals surface area contributed by atoms with E-state index in [9.17, 15) is 25.2 Å². The van der Waals surface area contributed by atoms with E-state index in [1.807, 2.05) is 30.3 Å². The Morgan fingerprint density at radius 2 is 1.81 bits per heavy atom. The first kappa shape index (κ1) is 22.5. The molecule has 1 fully saturated rings. The molecular weight excluding hydrogens is 420 g/mol. The van der Waals surface area contributed by atoms with Gasteiger partial charge in [-0.3, -0.25) is 4.79 Å². The summed E-state index contributed by atoms with van der Waals surface area (Å²) in [6.07, 6.45) is -7.47. The van der Waals surface area contributed by atoms with Gasteiger partial charge < -0.3 is 39.4 Å². The number of aliphatic hydroxyl groups excluding tert-OH is 4. The molecule has 2 heterocycles. The van der Waals surface area contributed by atoms with Crippen molar-refractivity contribution in [3.63, 3.8) is 0 Å². The molecular formula is C23H26O9. The van der Waals surface area contributed by atoms with Crippen LogP contribution in [0.2, 0.25) is 0 Å². The van der Waals surface area contributed by atoms with E-state index < -0.39 is 43.4 Å². The molecule has 2 aromatic rings. The molecule has 172 valence electrons. The van der Waals surface area contributed by atoms with Gasteiger partial charge in [-0.1, -0.05) is 30.3 Å². The van der Waals surface area contributed by atoms with E-state index in [4.69, 9.17) is 18.9 Å². The number of ether oxygens (including phenoxy) is 4. The van der Waals surface area contributed by atoms with Gasteiger partial charge in [-0.2, -0.15) is 0 Å². The molecule has 9 nitrogen and oxygen atoms in total. The predicted molar refractivity (Wildman–Crippen MR) is 111 cm³/mol. The van der Waals surface area contributed by atoms with Crippen LogP contribution in [0.3, 0.4) is 0 Å². The van der Waals surface area contributed by atoms with Crippen LogP contribution in [-0.4, -0.2) is 70.6 Å². The zero-order chi connectivity index (χ0) is 23.0. The molecule has 0 spiro atoms. The highest BCUT2D eigenvalue weighted by molar-refractivity contribution is 6.03. The zero-order valence-corrected chi connectivity index (χ0v) is 17.7. The second-order valence-corrected chi connectivity index (χ2v) is 7.87. The molecule has 32 heavy (non-hydrogen) atoms. The minimum atomic E-state index is -1.58. The fourth-order valence-electron chi connectivity index (χ4n) is 4.05. The average Bonchev–Trinajstić information content (AvgIpc) is 2.80. The molecule has 1 unspecified atom stereocenters. The van der Waals surface area contributed by atoms with Crippen LogP contribution in [0.25, 0.3) is 0 Å². The van der Waals surface area contributed by atoms with Gasteiger partial charge in [0.2, 0.25) is 6.29 Å². The quantitative estimate of drug-likeness (QED) is 0.528. The minimum absolute atomic E-state index is 0.139. The van der Waals surface area contributed by atoms with Gasteiger partial charge in [0, 0.05) is 11.6 Å². The van der Waals surface area contributed by atoms with Crippen LogP contribution in [0.4, 0.5) is 0 Å². The van der Waals surface area contributed by atoms with Gasteiger partial charge in [0.15, 0.2) is 5.78 Å². The van der Waals surface area contributed by atoms with Crippen LogP contribution in [0.5, 0.6) is 17.2 Å². The molecule has 9 heteroatoms. The first-order valence-corrected chi connectivity index (χ1v) is 10.3. The smallest absolute Gasteiger partial charge is 0.229 e. The Morgan fingerprint density at radius 3 is 2.47 bits per heavy atom. The Morgan fingerprint density at radius 1 is 1.09 bits per heavy atom. The highest BCUT2D eigenvalue weighted by atomic mass is 16.7. The van der Waals surface area contributed by atoms with E-state index in [1.54, 1.807) is 6.92 Å². The van der Waals surface area contributed by atoms with Crippen molar-refractivity contribution >= 4 is 5.78 Å². The standard InChI is InChI=1S/C23H26O9/c1-11-14(31-23-21(28)20(27)19(26)17(10-24)32-23)9-16-18(22(11)29-2)13(25)8-15(30-16)12-6-4-3-5-7-12/h3-7,9,15,17,19-21,23-24,26-28H,8,10H2,1-2H3/t15?,17-,19-,20+,21-,23-/m1/s1. The van der Waals surface area contributed by atoms with E-state index in [0.29, 0.717) is 11.1 Å². The summed E-state index contributed by atoms with van der Waals surface area (Å²) in [6, 6.07) is 10.9. The van der Waals surface area contributed by atoms with Crippen molar-refractivity contribution in [2.24, 2.45) is 0 Å². The monoisotopic (exact) mass is 446 g/mol. The Balaban J connectivity index is 1.68. The lowest BCUT2D eigenvalue weighted by atomic mass is 9.94. The maximum Gasteiger partial charge on any atom is 0.229 e. The van der Waals surface area contributed by atoms with Crippen LogP contribution < -0.4 is 14.2 Å².